The first-order valence-electron chi connectivity index (χ1n) is 8.22. The SMILES string of the molecule is O=C(NCCc1c(F)cccc1F)NCC(CCO)c1ccccc1. The minimum absolute atomic E-state index is 0.000891. The molecule has 0 bridgehead atoms. The van der Waals surface area contributed by atoms with E-state index in [1.165, 1.54) is 18.2 Å². The highest BCUT2D eigenvalue weighted by atomic mass is 19.1. The number of aliphatic hydroxyl groups excluding tert-OH is 1. The van der Waals surface area contributed by atoms with Crippen molar-refractivity contribution in [3.63, 3.8) is 0 Å². The monoisotopic (exact) mass is 348 g/mol. The van der Waals surface area contributed by atoms with Gasteiger partial charge >= 0.3 is 6.03 Å². The molecule has 0 aromatic heterocycles. The molecule has 0 saturated heterocycles. The van der Waals surface area contributed by atoms with E-state index in [-0.39, 0.29) is 31.1 Å². The van der Waals surface area contributed by atoms with Crippen LogP contribution in [0.25, 0.3) is 0 Å². The molecule has 2 amide bonds. The molecule has 25 heavy (non-hydrogen) atoms. The Kier molecular flexibility index (Phi) is 7.35. The van der Waals surface area contributed by atoms with Gasteiger partial charge in [-0.25, -0.2) is 13.6 Å². The molecule has 2 aromatic rings. The van der Waals surface area contributed by atoms with Crippen molar-refractivity contribution in [2.45, 2.75) is 18.8 Å². The molecule has 0 aliphatic carbocycles. The average molecular weight is 348 g/mol. The van der Waals surface area contributed by atoms with Crippen LogP contribution in [0.15, 0.2) is 48.5 Å². The van der Waals surface area contributed by atoms with Crippen LogP contribution in [0.4, 0.5) is 13.6 Å². The number of rotatable bonds is 8. The molecule has 6 heteroatoms. The zero-order valence-electron chi connectivity index (χ0n) is 13.8. The third kappa shape index (κ3) is 5.83. The number of benzene rings is 2. The quantitative estimate of drug-likeness (QED) is 0.687. The number of urea groups is 1. The Morgan fingerprint density at radius 2 is 1.68 bits per heavy atom. The van der Waals surface area contributed by atoms with Crippen LogP contribution in [0.3, 0.4) is 0 Å². The number of hydrogen-bond acceptors (Lipinski definition) is 2. The molecule has 0 radical (unpaired) electrons. The van der Waals surface area contributed by atoms with Crippen LogP contribution in [0.2, 0.25) is 0 Å². The van der Waals surface area contributed by atoms with Gasteiger partial charge in [0.2, 0.25) is 0 Å². The summed E-state index contributed by atoms with van der Waals surface area (Å²) in [4.78, 5) is 11.9. The Bertz CT molecular complexity index is 660. The Balaban J connectivity index is 1.79. The molecule has 3 N–H and O–H groups in total. The first kappa shape index (κ1) is 18.9. The first-order valence-corrected chi connectivity index (χ1v) is 8.22. The van der Waals surface area contributed by atoms with Gasteiger partial charge in [-0.1, -0.05) is 36.4 Å². The van der Waals surface area contributed by atoms with E-state index in [1.54, 1.807) is 0 Å². The summed E-state index contributed by atoms with van der Waals surface area (Å²) < 4.78 is 27.0. The van der Waals surface area contributed by atoms with Gasteiger partial charge in [0, 0.05) is 31.2 Å². The smallest absolute Gasteiger partial charge is 0.314 e. The maximum atomic E-state index is 13.5. The summed E-state index contributed by atoms with van der Waals surface area (Å²) >= 11 is 0. The van der Waals surface area contributed by atoms with Gasteiger partial charge in [-0.15, -0.1) is 0 Å². The van der Waals surface area contributed by atoms with Gasteiger partial charge in [-0.05, 0) is 30.5 Å². The number of hydrogen-bond donors (Lipinski definition) is 3. The summed E-state index contributed by atoms with van der Waals surface area (Å²) in [6, 6.07) is 12.9. The van der Waals surface area contributed by atoms with Gasteiger partial charge in [0.1, 0.15) is 11.6 Å². The molecular formula is C19H22F2N2O2. The van der Waals surface area contributed by atoms with Crippen LogP contribution in [0.1, 0.15) is 23.5 Å². The molecular weight excluding hydrogens is 326 g/mol. The summed E-state index contributed by atoms with van der Waals surface area (Å²) in [5.41, 5.74) is 0.996. The van der Waals surface area contributed by atoms with Crippen molar-refractivity contribution in [1.82, 2.24) is 10.6 Å². The lowest BCUT2D eigenvalue weighted by Gasteiger charge is -2.17. The minimum atomic E-state index is -0.616. The third-order valence-electron chi connectivity index (χ3n) is 3.98. The van der Waals surface area contributed by atoms with E-state index in [4.69, 9.17) is 0 Å². The summed E-state index contributed by atoms with van der Waals surface area (Å²) in [6.07, 6.45) is 0.607. The van der Waals surface area contributed by atoms with E-state index < -0.39 is 17.7 Å². The molecule has 0 aliphatic rings. The number of carbonyl (C=O) groups is 1. The van der Waals surface area contributed by atoms with Gasteiger partial charge in [0.25, 0.3) is 0 Å². The zero-order chi connectivity index (χ0) is 18.1. The molecule has 4 nitrogen and oxygen atoms in total. The van der Waals surface area contributed by atoms with Crippen molar-refractivity contribution in [3.8, 4) is 0 Å². The number of amides is 2. The second-order valence-electron chi connectivity index (χ2n) is 5.71. The maximum absolute atomic E-state index is 13.5. The molecule has 2 rings (SSSR count). The van der Waals surface area contributed by atoms with Crippen LogP contribution < -0.4 is 10.6 Å². The van der Waals surface area contributed by atoms with Crippen molar-refractivity contribution >= 4 is 6.03 Å². The molecule has 0 fully saturated rings. The highest BCUT2D eigenvalue weighted by molar-refractivity contribution is 5.73. The first-order chi connectivity index (χ1) is 12.1. The van der Waals surface area contributed by atoms with Crippen LogP contribution in [-0.2, 0) is 6.42 Å². The normalized spacial score (nSPS) is 11.8. The number of carbonyl (C=O) groups excluding carboxylic acids is 1. The molecule has 0 aliphatic heterocycles. The van der Waals surface area contributed by atoms with Crippen molar-refractivity contribution in [2.24, 2.45) is 0 Å². The van der Waals surface area contributed by atoms with Crippen LogP contribution >= 0.6 is 0 Å². The highest BCUT2D eigenvalue weighted by Crippen LogP contribution is 2.18. The van der Waals surface area contributed by atoms with Crippen molar-refractivity contribution < 1.29 is 18.7 Å². The Hall–Kier alpha value is -2.47. The summed E-state index contributed by atoms with van der Waals surface area (Å²) in [5, 5.41) is 14.5. The molecule has 1 atom stereocenters. The number of nitrogens with one attached hydrogen (secondary N) is 2. The van der Waals surface area contributed by atoms with Crippen molar-refractivity contribution in [2.75, 3.05) is 19.7 Å². The van der Waals surface area contributed by atoms with Crippen LogP contribution in [0.5, 0.6) is 0 Å². The maximum Gasteiger partial charge on any atom is 0.314 e. The highest BCUT2D eigenvalue weighted by Gasteiger charge is 2.13. The van der Waals surface area contributed by atoms with Gasteiger partial charge < -0.3 is 15.7 Å². The van der Waals surface area contributed by atoms with Gasteiger partial charge in [0.15, 0.2) is 0 Å². The average Bonchev–Trinajstić information content (AvgIpc) is 2.62. The lowest BCUT2D eigenvalue weighted by molar-refractivity contribution is 0.237. The number of halogens is 2. The van der Waals surface area contributed by atoms with E-state index in [9.17, 15) is 18.7 Å². The molecule has 0 spiro atoms. The lowest BCUT2D eigenvalue weighted by Crippen LogP contribution is -2.39. The Morgan fingerprint density at radius 1 is 1.00 bits per heavy atom. The van der Waals surface area contributed by atoms with E-state index in [1.807, 2.05) is 30.3 Å². The van der Waals surface area contributed by atoms with Crippen LogP contribution in [-0.4, -0.2) is 30.8 Å². The second kappa shape index (κ2) is 9.74. The molecule has 134 valence electrons. The van der Waals surface area contributed by atoms with E-state index in [0.29, 0.717) is 13.0 Å². The summed E-state index contributed by atoms with van der Waals surface area (Å²) in [6.45, 7) is 0.513. The molecule has 0 saturated carbocycles. The van der Waals surface area contributed by atoms with E-state index in [0.717, 1.165) is 5.56 Å². The van der Waals surface area contributed by atoms with E-state index in [2.05, 4.69) is 10.6 Å². The molecule has 0 heterocycles. The van der Waals surface area contributed by atoms with E-state index >= 15 is 0 Å². The Morgan fingerprint density at radius 3 is 2.32 bits per heavy atom. The topological polar surface area (TPSA) is 61.4 Å². The minimum Gasteiger partial charge on any atom is -0.396 e. The Labute approximate surface area is 145 Å². The van der Waals surface area contributed by atoms with Gasteiger partial charge in [0.05, 0.1) is 0 Å². The summed E-state index contributed by atoms with van der Waals surface area (Å²) in [5.74, 6) is -1.23. The largest absolute Gasteiger partial charge is 0.396 e. The number of aliphatic hydroxyl groups is 1. The molecule has 1 unspecified atom stereocenters. The van der Waals surface area contributed by atoms with Crippen LogP contribution in [0, 0.1) is 11.6 Å². The second-order valence-corrected chi connectivity index (χ2v) is 5.71. The van der Waals surface area contributed by atoms with Gasteiger partial charge in [-0.2, -0.15) is 0 Å². The van der Waals surface area contributed by atoms with Crippen molar-refractivity contribution in [1.29, 1.82) is 0 Å². The fraction of sp³-hybridized carbons (Fsp3) is 0.316. The molecule has 2 aromatic carbocycles. The predicted molar refractivity (Wildman–Crippen MR) is 92.3 cm³/mol. The van der Waals surface area contributed by atoms with Gasteiger partial charge in [-0.3, -0.25) is 0 Å². The summed E-state index contributed by atoms with van der Waals surface area (Å²) in [7, 11) is 0. The third-order valence-corrected chi connectivity index (χ3v) is 3.98. The lowest BCUT2D eigenvalue weighted by atomic mass is 9.96. The fourth-order valence-corrected chi connectivity index (χ4v) is 2.62. The zero-order valence-corrected chi connectivity index (χ0v) is 13.8. The fourth-order valence-electron chi connectivity index (χ4n) is 2.62. The standard InChI is InChI=1S/C19H22F2N2O2/c20-17-7-4-8-18(21)16(17)9-11-22-19(25)23-13-15(10-12-24)14-5-2-1-3-6-14/h1-8,15,24H,9-13H2,(H2,22,23,25). The van der Waals surface area contributed by atoms with Crippen molar-refractivity contribution in [3.05, 3.63) is 71.3 Å². The predicted octanol–water partition coefficient (Wildman–Crippen LogP) is 2.97.